The standard InChI is InChI=1S/C20H22N2O5/c1-2-18(13-23)22(20(25)27-15-17-11-7-4-8-12-17)21-19(24)26-14-16-9-5-3-6-10-16/h2-12,18,23H,1,13-15H2,(H,21,24)/t18-/m0/s1. The maximum Gasteiger partial charge on any atom is 0.429 e. The maximum atomic E-state index is 12.4. The number of carbonyl (C=O) groups is 2. The fourth-order valence-electron chi connectivity index (χ4n) is 2.17. The van der Waals surface area contributed by atoms with Gasteiger partial charge in [-0.15, -0.1) is 6.58 Å². The first-order chi connectivity index (χ1) is 13.1. The van der Waals surface area contributed by atoms with Gasteiger partial charge in [0.2, 0.25) is 0 Å². The van der Waals surface area contributed by atoms with Gasteiger partial charge >= 0.3 is 12.2 Å². The highest BCUT2D eigenvalue weighted by Gasteiger charge is 2.25. The van der Waals surface area contributed by atoms with Crippen LogP contribution < -0.4 is 5.43 Å². The van der Waals surface area contributed by atoms with Gasteiger partial charge in [0.1, 0.15) is 13.2 Å². The number of nitrogens with zero attached hydrogens (tertiary/aromatic N) is 1. The summed E-state index contributed by atoms with van der Waals surface area (Å²) in [6, 6.07) is 17.3. The van der Waals surface area contributed by atoms with Gasteiger partial charge in [-0.2, -0.15) is 0 Å². The second-order valence-corrected chi connectivity index (χ2v) is 5.57. The number of nitrogens with one attached hydrogen (secondary N) is 1. The molecule has 2 amide bonds. The lowest BCUT2D eigenvalue weighted by atomic mass is 10.2. The minimum atomic E-state index is -0.863. The Labute approximate surface area is 157 Å². The zero-order valence-electron chi connectivity index (χ0n) is 14.8. The van der Waals surface area contributed by atoms with Crippen LogP contribution in [0.25, 0.3) is 0 Å². The SMILES string of the molecule is C=C[C@@H](CO)N(NC(=O)OCc1ccccc1)C(=O)OCc1ccccc1. The van der Waals surface area contributed by atoms with E-state index in [4.69, 9.17) is 9.47 Å². The lowest BCUT2D eigenvalue weighted by Crippen LogP contribution is -2.52. The predicted molar refractivity (Wildman–Crippen MR) is 99.3 cm³/mol. The number of aliphatic hydroxyl groups is 1. The smallest absolute Gasteiger partial charge is 0.429 e. The Morgan fingerprint density at radius 2 is 1.52 bits per heavy atom. The summed E-state index contributed by atoms with van der Waals surface area (Å²) >= 11 is 0. The van der Waals surface area contributed by atoms with Gasteiger partial charge in [0.05, 0.1) is 12.6 Å². The van der Waals surface area contributed by atoms with E-state index in [0.717, 1.165) is 16.1 Å². The number of benzene rings is 2. The van der Waals surface area contributed by atoms with E-state index in [0.29, 0.717) is 0 Å². The molecule has 0 aromatic heterocycles. The van der Waals surface area contributed by atoms with E-state index in [-0.39, 0.29) is 13.2 Å². The van der Waals surface area contributed by atoms with Gasteiger partial charge in [-0.05, 0) is 11.1 Å². The number of carbonyl (C=O) groups excluding carboxylic acids is 2. The fourth-order valence-corrected chi connectivity index (χ4v) is 2.17. The molecule has 1 atom stereocenters. The van der Waals surface area contributed by atoms with Crippen LogP contribution in [0, 0.1) is 0 Å². The molecule has 2 rings (SSSR count). The average molecular weight is 370 g/mol. The van der Waals surface area contributed by atoms with Crippen LogP contribution in [-0.2, 0) is 22.7 Å². The largest absolute Gasteiger partial charge is 0.443 e. The topological polar surface area (TPSA) is 88.1 Å². The Morgan fingerprint density at radius 1 is 1.00 bits per heavy atom. The number of amides is 2. The molecular formula is C20H22N2O5. The zero-order valence-corrected chi connectivity index (χ0v) is 14.8. The van der Waals surface area contributed by atoms with Gasteiger partial charge in [0.25, 0.3) is 0 Å². The third kappa shape index (κ3) is 6.48. The molecule has 7 nitrogen and oxygen atoms in total. The second-order valence-electron chi connectivity index (χ2n) is 5.57. The molecule has 0 heterocycles. The minimum Gasteiger partial charge on any atom is -0.443 e. The molecule has 0 unspecified atom stereocenters. The number of hydrogen-bond acceptors (Lipinski definition) is 5. The Morgan fingerprint density at radius 3 is 2.00 bits per heavy atom. The summed E-state index contributed by atoms with van der Waals surface area (Å²) in [5.74, 6) is 0. The van der Waals surface area contributed by atoms with Crippen molar-refractivity contribution in [3.63, 3.8) is 0 Å². The maximum absolute atomic E-state index is 12.4. The highest BCUT2D eigenvalue weighted by atomic mass is 16.6. The molecule has 0 spiro atoms. The van der Waals surface area contributed by atoms with E-state index in [1.165, 1.54) is 6.08 Å². The monoisotopic (exact) mass is 370 g/mol. The Hall–Kier alpha value is -3.32. The summed E-state index contributed by atoms with van der Waals surface area (Å²) < 4.78 is 10.3. The van der Waals surface area contributed by atoms with Crippen LogP contribution >= 0.6 is 0 Å². The van der Waals surface area contributed by atoms with Crippen molar-refractivity contribution in [1.82, 2.24) is 10.4 Å². The molecule has 0 fully saturated rings. The van der Waals surface area contributed by atoms with Crippen molar-refractivity contribution in [1.29, 1.82) is 0 Å². The average Bonchev–Trinajstić information content (AvgIpc) is 2.72. The molecule has 142 valence electrons. The molecule has 0 aliphatic heterocycles. The lowest BCUT2D eigenvalue weighted by Gasteiger charge is -2.27. The molecule has 0 aliphatic rings. The van der Waals surface area contributed by atoms with Crippen LogP contribution in [0.5, 0.6) is 0 Å². The quantitative estimate of drug-likeness (QED) is 0.578. The molecule has 0 saturated heterocycles. The fraction of sp³-hybridized carbons (Fsp3) is 0.200. The number of ether oxygens (including phenoxy) is 2. The summed E-state index contributed by atoms with van der Waals surface area (Å²) in [4.78, 5) is 24.4. The van der Waals surface area contributed by atoms with Crippen LogP contribution in [0.1, 0.15) is 11.1 Å². The van der Waals surface area contributed by atoms with Gasteiger partial charge in [0.15, 0.2) is 0 Å². The molecular weight excluding hydrogens is 348 g/mol. The predicted octanol–water partition coefficient (Wildman–Crippen LogP) is 3.01. The van der Waals surface area contributed by atoms with Gasteiger partial charge in [-0.3, -0.25) is 0 Å². The van der Waals surface area contributed by atoms with Crippen LogP contribution in [0.2, 0.25) is 0 Å². The summed E-state index contributed by atoms with van der Waals surface area (Å²) in [6.45, 7) is 3.17. The van der Waals surface area contributed by atoms with Crippen molar-refractivity contribution < 1.29 is 24.2 Å². The first-order valence-electron chi connectivity index (χ1n) is 8.34. The summed E-state index contributed by atoms with van der Waals surface area (Å²) in [7, 11) is 0. The summed E-state index contributed by atoms with van der Waals surface area (Å²) in [5.41, 5.74) is 3.88. The van der Waals surface area contributed by atoms with E-state index in [2.05, 4.69) is 12.0 Å². The van der Waals surface area contributed by atoms with Crippen LogP contribution in [0.3, 0.4) is 0 Å². The second kappa shape index (κ2) is 10.6. The molecule has 0 bridgehead atoms. The first-order valence-corrected chi connectivity index (χ1v) is 8.34. The Bertz CT molecular complexity index is 737. The van der Waals surface area contributed by atoms with E-state index in [1.54, 1.807) is 24.3 Å². The lowest BCUT2D eigenvalue weighted by molar-refractivity contribution is 0.0430. The molecule has 27 heavy (non-hydrogen) atoms. The number of aliphatic hydroxyl groups excluding tert-OH is 1. The Kier molecular flexibility index (Phi) is 7.87. The molecule has 0 radical (unpaired) electrons. The van der Waals surface area contributed by atoms with Gasteiger partial charge in [0, 0.05) is 0 Å². The van der Waals surface area contributed by atoms with E-state index >= 15 is 0 Å². The van der Waals surface area contributed by atoms with Crippen LogP contribution in [0.4, 0.5) is 9.59 Å². The van der Waals surface area contributed by atoms with E-state index < -0.39 is 24.8 Å². The van der Waals surface area contributed by atoms with Gasteiger partial charge < -0.3 is 14.6 Å². The van der Waals surface area contributed by atoms with Crippen LogP contribution in [-0.4, -0.2) is 35.0 Å². The minimum absolute atomic E-state index is 0.0200. The molecule has 2 aromatic carbocycles. The molecule has 2 aromatic rings. The van der Waals surface area contributed by atoms with Gasteiger partial charge in [-0.25, -0.2) is 20.0 Å². The molecule has 2 N–H and O–H groups in total. The highest BCUT2D eigenvalue weighted by molar-refractivity contribution is 5.74. The molecule has 7 heteroatoms. The number of rotatable bonds is 7. The first kappa shape index (κ1) is 20.0. The van der Waals surface area contributed by atoms with Crippen LogP contribution in [0.15, 0.2) is 73.3 Å². The van der Waals surface area contributed by atoms with Crippen molar-refractivity contribution >= 4 is 12.2 Å². The third-order valence-electron chi connectivity index (χ3n) is 3.62. The highest BCUT2D eigenvalue weighted by Crippen LogP contribution is 2.07. The zero-order chi connectivity index (χ0) is 19.5. The van der Waals surface area contributed by atoms with Crippen molar-refractivity contribution in [3.8, 4) is 0 Å². The third-order valence-corrected chi connectivity index (χ3v) is 3.62. The number of hydrazine groups is 1. The normalized spacial score (nSPS) is 11.1. The van der Waals surface area contributed by atoms with Gasteiger partial charge in [-0.1, -0.05) is 66.7 Å². The van der Waals surface area contributed by atoms with Crippen molar-refractivity contribution in [3.05, 3.63) is 84.4 Å². The summed E-state index contributed by atoms with van der Waals surface area (Å²) in [5, 5.41) is 10.3. The molecule has 0 aliphatic carbocycles. The summed E-state index contributed by atoms with van der Waals surface area (Å²) in [6.07, 6.45) is -0.369. The Balaban J connectivity index is 1.94. The van der Waals surface area contributed by atoms with Crippen molar-refractivity contribution in [2.75, 3.05) is 6.61 Å². The van der Waals surface area contributed by atoms with Crippen molar-refractivity contribution in [2.45, 2.75) is 19.3 Å². The number of hydrogen-bond donors (Lipinski definition) is 2. The van der Waals surface area contributed by atoms with Crippen molar-refractivity contribution in [2.24, 2.45) is 0 Å². The molecule has 0 saturated carbocycles. The van der Waals surface area contributed by atoms with E-state index in [9.17, 15) is 14.7 Å². The van der Waals surface area contributed by atoms with E-state index in [1.807, 2.05) is 36.4 Å².